The van der Waals surface area contributed by atoms with Crippen LogP contribution >= 0.6 is 0 Å². The number of benzene rings is 3. The van der Waals surface area contributed by atoms with Crippen LogP contribution in [-0.4, -0.2) is 55.0 Å². The van der Waals surface area contributed by atoms with Crippen LogP contribution in [0.2, 0.25) is 0 Å². The van der Waals surface area contributed by atoms with Gasteiger partial charge in [0.25, 0.3) is 5.91 Å². The second kappa shape index (κ2) is 11.5. The first-order chi connectivity index (χ1) is 17.9. The molecule has 0 aliphatic carbocycles. The lowest BCUT2D eigenvalue weighted by molar-refractivity contribution is -0.137. The highest BCUT2D eigenvalue weighted by Gasteiger charge is 2.53. The second-order valence-corrected chi connectivity index (χ2v) is 10.6. The van der Waals surface area contributed by atoms with Crippen LogP contribution in [-0.2, 0) is 19.4 Å². The zero-order valence-corrected chi connectivity index (χ0v) is 20.8. The van der Waals surface area contributed by atoms with Crippen molar-refractivity contribution < 1.29 is 33.0 Å². The average molecular weight is 525 g/mol. The number of nitrogens with one attached hydrogen (secondary N) is 1. The maximum absolute atomic E-state index is 13.2. The number of aliphatic imine (C=N–C) groups is 1. The topological polar surface area (TPSA) is 135 Å². The number of hydrogen-bond donors (Lipinski definition) is 3. The lowest BCUT2D eigenvalue weighted by Crippen LogP contribution is -2.48. The number of hydroxylamine groups is 1. The van der Waals surface area contributed by atoms with Crippen LogP contribution in [0.15, 0.2) is 94.8 Å². The minimum Gasteiger partial charge on any atom is -0.494 e. The normalized spacial score (nSPS) is 19.1. The fourth-order valence-corrected chi connectivity index (χ4v) is 5.52. The molecule has 3 N–H and O–H groups in total. The Bertz CT molecular complexity index is 1330. The lowest BCUT2D eigenvalue weighted by atomic mass is 9.85. The minimum absolute atomic E-state index is 0.0264. The third-order valence-electron chi connectivity index (χ3n) is 6.09. The third kappa shape index (κ3) is 5.82. The number of amides is 1. The van der Waals surface area contributed by atoms with Gasteiger partial charge in [-0.25, -0.2) is 18.9 Å². The van der Waals surface area contributed by atoms with E-state index >= 15 is 0 Å². The first-order valence-corrected chi connectivity index (χ1v) is 13.4. The molecule has 194 valence electrons. The number of aliphatic hydroxyl groups is 1. The van der Waals surface area contributed by atoms with Crippen LogP contribution < -0.4 is 10.2 Å². The van der Waals surface area contributed by atoms with E-state index in [9.17, 15) is 18.4 Å². The van der Waals surface area contributed by atoms with Gasteiger partial charge in [0, 0.05) is 25.0 Å². The van der Waals surface area contributed by atoms with Crippen molar-refractivity contribution in [2.45, 2.75) is 29.4 Å². The molecule has 0 bridgehead atoms. The molecule has 0 saturated heterocycles. The summed E-state index contributed by atoms with van der Waals surface area (Å²) in [5.41, 5.74) is 1.08. The van der Waals surface area contributed by atoms with Gasteiger partial charge in [-0.15, -0.1) is 0 Å². The number of aliphatic hydroxyl groups excluding tert-OH is 1. The number of carbonyl (C=O) groups excluding carboxylic acids is 1. The molecular weight excluding hydrogens is 496 g/mol. The summed E-state index contributed by atoms with van der Waals surface area (Å²) in [7, 11) is -3.75. The van der Waals surface area contributed by atoms with Crippen LogP contribution in [0.4, 0.5) is 0 Å². The molecule has 0 saturated carbocycles. The zero-order chi connectivity index (χ0) is 26.3. The molecule has 0 unspecified atom stereocenters. The van der Waals surface area contributed by atoms with Gasteiger partial charge in [0.1, 0.15) is 5.75 Å². The highest BCUT2D eigenvalue weighted by Crippen LogP contribution is 2.43. The maximum Gasteiger partial charge on any atom is 0.275 e. The van der Waals surface area contributed by atoms with Crippen LogP contribution in [0.5, 0.6) is 5.75 Å². The second-order valence-electron chi connectivity index (χ2n) is 8.52. The first-order valence-electron chi connectivity index (χ1n) is 11.8. The molecular formula is C27H28N2O7S. The van der Waals surface area contributed by atoms with E-state index in [4.69, 9.17) is 14.6 Å². The van der Waals surface area contributed by atoms with Gasteiger partial charge in [-0.1, -0.05) is 48.5 Å². The predicted octanol–water partition coefficient (Wildman–Crippen LogP) is 3.07. The summed E-state index contributed by atoms with van der Waals surface area (Å²) < 4.78 is 37.9. The maximum atomic E-state index is 13.2. The molecule has 3 aromatic carbocycles. The fourth-order valence-electron chi connectivity index (χ4n) is 4.13. The van der Waals surface area contributed by atoms with Crippen molar-refractivity contribution in [3.63, 3.8) is 0 Å². The van der Waals surface area contributed by atoms with E-state index in [1.54, 1.807) is 72.2 Å². The zero-order valence-electron chi connectivity index (χ0n) is 20.0. The number of nitrogens with zero attached hydrogens (tertiary/aromatic N) is 1. The molecule has 0 fully saturated rings. The van der Waals surface area contributed by atoms with Crippen molar-refractivity contribution in [1.82, 2.24) is 5.48 Å². The molecule has 1 aliphatic rings. The number of ether oxygens (including phenoxy) is 2. The number of hydrogen-bond acceptors (Lipinski definition) is 8. The first kappa shape index (κ1) is 26.3. The van der Waals surface area contributed by atoms with E-state index in [2.05, 4.69) is 4.99 Å². The monoisotopic (exact) mass is 524 g/mol. The minimum atomic E-state index is -3.75. The summed E-state index contributed by atoms with van der Waals surface area (Å²) in [5.74, 6) is -0.547. The summed E-state index contributed by atoms with van der Waals surface area (Å²) in [6.45, 7) is 0.387. The smallest absolute Gasteiger partial charge is 0.275 e. The Hall–Kier alpha value is -3.73. The molecule has 2 atom stereocenters. The molecule has 9 nitrogen and oxygen atoms in total. The van der Waals surface area contributed by atoms with Crippen molar-refractivity contribution in [2.24, 2.45) is 4.99 Å². The van der Waals surface area contributed by atoms with Crippen molar-refractivity contribution in [1.29, 1.82) is 0 Å². The Morgan fingerprint density at radius 2 is 1.65 bits per heavy atom. The summed E-state index contributed by atoms with van der Waals surface area (Å²) in [4.78, 5) is 17.9. The molecule has 0 aromatic heterocycles. The highest BCUT2D eigenvalue weighted by molar-refractivity contribution is 7.91. The van der Waals surface area contributed by atoms with Gasteiger partial charge >= 0.3 is 0 Å². The number of carbonyl (C=O) groups is 1. The van der Waals surface area contributed by atoms with Crippen LogP contribution in [0, 0.1) is 0 Å². The standard InChI is InChI=1S/C27H28N2O7S/c30-17-7-18-35-22-14-12-21(13-15-22)25-28-27(26(31)29-32,24(36-25)20-8-3-1-4-9-20)16-19-37(33,34)23-10-5-2-6-11-23/h1-6,8-15,24,30,32H,7,16-19H2,(H,29,31)/t24-,27-/m0/s1. The molecule has 1 amide bonds. The van der Waals surface area contributed by atoms with Gasteiger partial charge in [-0.3, -0.25) is 10.0 Å². The third-order valence-corrected chi connectivity index (χ3v) is 7.82. The van der Waals surface area contributed by atoms with E-state index in [-0.39, 0.29) is 23.8 Å². The van der Waals surface area contributed by atoms with E-state index in [1.807, 2.05) is 6.07 Å². The molecule has 3 aromatic rings. The van der Waals surface area contributed by atoms with Gasteiger partial charge in [0.2, 0.25) is 5.90 Å². The molecule has 1 aliphatic heterocycles. The largest absolute Gasteiger partial charge is 0.494 e. The van der Waals surface area contributed by atoms with Crippen molar-refractivity contribution in [3.8, 4) is 5.75 Å². The van der Waals surface area contributed by atoms with E-state index in [1.165, 1.54) is 12.1 Å². The Balaban J connectivity index is 1.70. The van der Waals surface area contributed by atoms with Crippen LogP contribution in [0.25, 0.3) is 0 Å². The van der Waals surface area contributed by atoms with E-state index in [0.717, 1.165) is 0 Å². The van der Waals surface area contributed by atoms with Crippen molar-refractivity contribution >= 4 is 21.6 Å². The summed E-state index contributed by atoms with van der Waals surface area (Å²) in [5, 5.41) is 18.6. The van der Waals surface area contributed by atoms with Crippen LogP contribution in [0.3, 0.4) is 0 Å². The molecule has 4 rings (SSSR count). The summed E-state index contributed by atoms with van der Waals surface area (Å²) in [6.07, 6.45) is -0.717. The van der Waals surface area contributed by atoms with Gasteiger partial charge in [-0.05, 0) is 42.0 Å². The average Bonchev–Trinajstić information content (AvgIpc) is 3.34. The van der Waals surface area contributed by atoms with Crippen LogP contribution in [0.1, 0.15) is 30.1 Å². The Kier molecular flexibility index (Phi) is 8.22. The van der Waals surface area contributed by atoms with Crippen molar-refractivity contribution in [3.05, 3.63) is 96.1 Å². The highest BCUT2D eigenvalue weighted by atomic mass is 32.2. The Morgan fingerprint density at radius 3 is 2.27 bits per heavy atom. The van der Waals surface area contributed by atoms with Gasteiger partial charge < -0.3 is 14.6 Å². The van der Waals surface area contributed by atoms with Gasteiger partial charge in [0.15, 0.2) is 21.5 Å². The fraction of sp³-hybridized carbons (Fsp3) is 0.259. The van der Waals surface area contributed by atoms with Gasteiger partial charge in [0.05, 0.1) is 17.3 Å². The van der Waals surface area contributed by atoms with E-state index in [0.29, 0.717) is 29.9 Å². The Labute approximate surface area is 215 Å². The summed E-state index contributed by atoms with van der Waals surface area (Å²) in [6, 6.07) is 23.7. The van der Waals surface area contributed by atoms with Crippen molar-refractivity contribution in [2.75, 3.05) is 19.0 Å². The van der Waals surface area contributed by atoms with Gasteiger partial charge in [-0.2, -0.15) is 0 Å². The van der Waals surface area contributed by atoms with E-state index < -0.39 is 33.1 Å². The molecule has 0 radical (unpaired) electrons. The molecule has 10 heteroatoms. The predicted molar refractivity (Wildman–Crippen MR) is 136 cm³/mol. The Morgan fingerprint density at radius 1 is 1.00 bits per heavy atom. The number of rotatable bonds is 11. The quantitative estimate of drug-likeness (QED) is 0.199. The lowest BCUT2D eigenvalue weighted by Gasteiger charge is -2.29. The molecule has 1 heterocycles. The SMILES string of the molecule is O=C(NO)[C@@]1(CCS(=O)(=O)c2ccccc2)N=C(c2ccc(OCCCO)cc2)O[C@H]1c1ccccc1. The molecule has 37 heavy (non-hydrogen) atoms. The molecule has 0 spiro atoms. The number of sulfone groups is 1. The summed E-state index contributed by atoms with van der Waals surface area (Å²) >= 11 is 0.